The lowest BCUT2D eigenvalue weighted by Crippen LogP contribution is -2.26. The zero-order valence-corrected chi connectivity index (χ0v) is 12.4. The maximum Gasteiger partial charge on any atom is 0.240 e. The molecule has 0 radical (unpaired) electrons. The summed E-state index contributed by atoms with van der Waals surface area (Å²) in [4.78, 5) is 0.0496. The van der Waals surface area contributed by atoms with Crippen LogP contribution in [0.15, 0.2) is 45.9 Å². The Balaban J connectivity index is 2.06. The predicted molar refractivity (Wildman–Crippen MR) is 76.8 cm³/mol. The van der Waals surface area contributed by atoms with E-state index >= 15 is 0 Å². The zero-order valence-electron chi connectivity index (χ0n) is 11.6. The van der Waals surface area contributed by atoms with Gasteiger partial charge in [0.05, 0.1) is 11.2 Å². The molecule has 7 heteroatoms. The molecule has 21 heavy (non-hydrogen) atoms. The van der Waals surface area contributed by atoms with Crippen LogP contribution in [0.25, 0.3) is 0 Å². The lowest BCUT2D eigenvalue weighted by atomic mass is 10.2. The number of hydrogen-bond donors (Lipinski definition) is 2. The van der Waals surface area contributed by atoms with Crippen molar-refractivity contribution in [1.82, 2.24) is 10.0 Å². The van der Waals surface area contributed by atoms with Crippen molar-refractivity contribution < 1.29 is 17.2 Å². The maximum atomic E-state index is 13.5. The molecule has 0 amide bonds. The first-order chi connectivity index (χ1) is 10.0. The summed E-state index contributed by atoms with van der Waals surface area (Å²) in [6, 6.07) is 7.27. The van der Waals surface area contributed by atoms with Gasteiger partial charge in [-0.1, -0.05) is 0 Å². The van der Waals surface area contributed by atoms with Crippen molar-refractivity contribution in [3.05, 3.63) is 53.7 Å². The third kappa shape index (κ3) is 4.13. The topological polar surface area (TPSA) is 71.3 Å². The molecule has 1 heterocycles. The van der Waals surface area contributed by atoms with Crippen LogP contribution >= 0.6 is 0 Å². The number of sulfonamides is 1. The molecule has 1 aromatic carbocycles. The molecule has 2 aromatic rings. The van der Waals surface area contributed by atoms with Gasteiger partial charge in [-0.15, -0.1) is 0 Å². The minimum atomic E-state index is -3.66. The lowest BCUT2D eigenvalue weighted by molar-refractivity contribution is 0.506. The molecule has 0 spiro atoms. The highest BCUT2D eigenvalue weighted by Crippen LogP contribution is 2.15. The van der Waals surface area contributed by atoms with Crippen molar-refractivity contribution in [2.24, 2.45) is 0 Å². The van der Waals surface area contributed by atoms with E-state index < -0.39 is 15.8 Å². The first-order valence-corrected chi connectivity index (χ1v) is 7.96. The number of rotatable bonds is 7. The summed E-state index contributed by atoms with van der Waals surface area (Å²) in [5, 5.41) is 2.80. The normalized spacial score (nSPS) is 11.7. The molecule has 0 unspecified atom stereocenters. The predicted octanol–water partition coefficient (Wildman–Crippen LogP) is 1.66. The van der Waals surface area contributed by atoms with Gasteiger partial charge in [-0.25, -0.2) is 17.5 Å². The molecular formula is C14H17FN2O3S. The molecular weight excluding hydrogens is 295 g/mol. The molecule has 2 rings (SSSR count). The SMILES string of the molecule is CNCc1cc(S(=O)(=O)NCCc2ccco2)ccc1F. The Bertz CT molecular complexity index is 684. The fraction of sp³-hybridized carbons (Fsp3) is 0.286. The number of hydrogen-bond acceptors (Lipinski definition) is 4. The molecule has 1 aromatic heterocycles. The molecule has 0 atom stereocenters. The summed E-state index contributed by atoms with van der Waals surface area (Å²) in [5.41, 5.74) is 0.311. The van der Waals surface area contributed by atoms with Crippen molar-refractivity contribution >= 4 is 10.0 Å². The van der Waals surface area contributed by atoms with Crippen LogP contribution in [-0.2, 0) is 23.0 Å². The van der Waals surface area contributed by atoms with Crippen molar-refractivity contribution in [2.45, 2.75) is 17.9 Å². The Kier molecular flexibility index (Phi) is 5.11. The minimum Gasteiger partial charge on any atom is -0.469 e. The van der Waals surface area contributed by atoms with Gasteiger partial charge in [0.25, 0.3) is 0 Å². The number of benzene rings is 1. The second kappa shape index (κ2) is 6.84. The van der Waals surface area contributed by atoms with Crippen LogP contribution in [0.3, 0.4) is 0 Å². The van der Waals surface area contributed by atoms with Crippen molar-refractivity contribution in [1.29, 1.82) is 0 Å². The van der Waals surface area contributed by atoms with E-state index in [0.717, 1.165) is 6.07 Å². The van der Waals surface area contributed by atoms with E-state index in [-0.39, 0.29) is 18.0 Å². The fourth-order valence-electron chi connectivity index (χ4n) is 1.89. The van der Waals surface area contributed by atoms with Crippen LogP contribution in [0.2, 0.25) is 0 Å². The summed E-state index contributed by atoms with van der Waals surface area (Å²) in [5.74, 6) is 0.270. The van der Waals surface area contributed by atoms with Gasteiger partial charge in [0.15, 0.2) is 0 Å². The van der Waals surface area contributed by atoms with Gasteiger partial charge < -0.3 is 9.73 Å². The summed E-state index contributed by atoms with van der Waals surface area (Å²) in [7, 11) is -1.99. The maximum absolute atomic E-state index is 13.5. The van der Waals surface area contributed by atoms with Gasteiger partial charge in [0, 0.05) is 25.1 Å². The highest BCUT2D eigenvalue weighted by molar-refractivity contribution is 7.89. The Labute approximate surface area is 123 Å². The summed E-state index contributed by atoms with van der Waals surface area (Å²) >= 11 is 0. The van der Waals surface area contributed by atoms with E-state index in [4.69, 9.17) is 4.42 Å². The van der Waals surface area contributed by atoms with E-state index in [1.807, 2.05) is 0 Å². The standard InChI is InChI=1S/C14H17FN2O3S/c1-16-10-11-9-13(4-5-14(11)15)21(18,19)17-7-6-12-3-2-8-20-12/h2-5,8-9,16-17H,6-7,10H2,1H3. The number of furan rings is 1. The molecule has 0 aliphatic rings. The van der Waals surface area contributed by atoms with Gasteiger partial charge in [-0.3, -0.25) is 0 Å². The fourth-order valence-corrected chi connectivity index (χ4v) is 2.97. The Hall–Kier alpha value is -1.70. The molecule has 2 N–H and O–H groups in total. The van der Waals surface area contributed by atoms with E-state index in [2.05, 4.69) is 10.0 Å². The smallest absolute Gasteiger partial charge is 0.240 e. The zero-order chi connectivity index (χ0) is 15.3. The largest absolute Gasteiger partial charge is 0.469 e. The summed E-state index contributed by atoms with van der Waals surface area (Å²) < 4.78 is 45.4. The van der Waals surface area contributed by atoms with Crippen molar-refractivity contribution in [2.75, 3.05) is 13.6 Å². The summed E-state index contributed by atoms with van der Waals surface area (Å²) in [6.07, 6.45) is 1.99. The van der Waals surface area contributed by atoms with Gasteiger partial charge >= 0.3 is 0 Å². The van der Waals surface area contributed by atoms with Crippen LogP contribution in [0.1, 0.15) is 11.3 Å². The highest BCUT2D eigenvalue weighted by atomic mass is 32.2. The van der Waals surface area contributed by atoms with E-state index in [0.29, 0.717) is 17.7 Å². The minimum absolute atomic E-state index is 0.0496. The molecule has 0 saturated carbocycles. The third-order valence-corrected chi connectivity index (χ3v) is 4.40. The Morgan fingerprint density at radius 1 is 1.29 bits per heavy atom. The summed E-state index contributed by atoms with van der Waals surface area (Å²) in [6.45, 7) is 0.482. The molecule has 0 saturated heterocycles. The van der Waals surface area contributed by atoms with E-state index in [1.165, 1.54) is 18.4 Å². The van der Waals surface area contributed by atoms with Gasteiger partial charge in [-0.05, 0) is 37.4 Å². The number of nitrogens with one attached hydrogen (secondary N) is 2. The Morgan fingerprint density at radius 3 is 2.76 bits per heavy atom. The van der Waals surface area contributed by atoms with Gasteiger partial charge in [0.1, 0.15) is 11.6 Å². The van der Waals surface area contributed by atoms with Crippen molar-refractivity contribution in [3.8, 4) is 0 Å². The quantitative estimate of drug-likeness (QED) is 0.815. The molecule has 0 fully saturated rings. The van der Waals surface area contributed by atoms with Crippen LogP contribution in [0, 0.1) is 5.82 Å². The van der Waals surface area contributed by atoms with Crippen molar-refractivity contribution in [3.63, 3.8) is 0 Å². The molecule has 0 aliphatic carbocycles. The van der Waals surface area contributed by atoms with Crippen LogP contribution in [-0.4, -0.2) is 22.0 Å². The van der Waals surface area contributed by atoms with Crippen LogP contribution in [0.4, 0.5) is 4.39 Å². The Morgan fingerprint density at radius 2 is 2.10 bits per heavy atom. The highest BCUT2D eigenvalue weighted by Gasteiger charge is 2.15. The van der Waals surface area contributed by atoms with Gasteiger partial charge in [0.2, 0.25) is 10.0 Å². The molecule has 0 bridgehead atoms. The van der Waals surface area contributed by atoms with Crippen LogP contribution in [0.5, 0.6) is 0 Å². The second-order valence-corrected chi connectivity index (χ2v) is 6.28. The monoisotopic (exact) mass is 312 g/mol. The first-order valence-electron chi connectivity index (χ1n) is 6.48. The molecule has 0 aliphatic heterocycles. The van der Waals surface area contributed by atoms with E-state index in [9.17, 15) is 12.8 Å². The molecule has 114 valence electrons. The van der Waals surface area contributed by atoms with Gasteiger partial charge in [-0.2, -0.15) is 0 Å². The molecule has 5 nitrogen and oxygen atoms in total. The average molecular weight is 312 g/mol. The third-order valence-electron chi connectivity index (χ3n) is 2.94. The number of halogens is 1. The first kappa shape index (κ1) is 15.7. The van der Waals surface area contributed by atoms with E-state index in [1.54, 1.807) is 19.2 Å². The second-order valence-electron chi connectivity index (χ2n) is 4.51. The lowest BCUT2D eigenvalue weighted by Gasteiger charge is -2.09. The van der Waals surface area contributed by atoms with Crippen LogP contribution < -0.4 is 10.0 Å². The average Bonchev–Trinajstić information content (AvgIpc) is 2.94.